The summed E-state index contributed by atoms with van der Waals surface area (Å²) in [5.74, 6) is 0. The fourth-order valence-corrected chi connectivity index (χ4v) is 3.66. The van der Waals surface area contributed by atoms with E-state index >= 15 is 0 Å². The van der Waals surface area contributed by atoms with Crippen molar-refractivity contribution in [1.29, 1.82) is 5.26 Å². The minimum atomic E-state index is 0.361. The van der Waals surface area contributed by atoms with Gasteiger partial charge in [0, 0.05) is 16.6 Å². The zero-order valence-corrected chi connectivity index (χ0v) is 12.9. The van der Waals surface area contributed by atoms with Gasteiger partial charge in [0.25, 0.3) is 0 Å². The van der Waals surface area contributed by atoms with E-state index in [1.165, 1.54) is 15.6 Å². The molecule has 0 radical (unpaired) electrons. The highest BCUT2D eigenvalue weighted by molar-refractivity contribution is 7.17. The van der Waals surface area contributed by atoms with Crippen LogP contribution in [0.1, 0.15) is 10.6 Å². The molecule has 4 heteroatoms. The summed E-state index contributed by atoms with van der Waals surface area (Å²) in [6.45, 7) is 2.06. The first-order valence-corrected chi connectivity index (χ1v) is 7.91. The van der Waals surface area contributed by atoms with Gasteiger partial charge in [-0.1, -0.05) is 36.4 Å². The molecule has 2 aromatic carbocycles. The van der Waals surface area contributed by atoms with Crippen LogP contribution >= 0.6 is 11.3 Å². The molecule has 0 bridgehead atoms. The Balaban J connectivity index is 1.96. The molecule has 0 aliphatic carbocycles. The molecule has 2 aromatic heterocycles. The van der Waals surface area contributed by atoms with E-state index in [4.69, 9.17) is 10.2 Å². The van der Waals surface area contributed by atoms with Gasteiger partial charge < -0.3 is 0 Å². The van der Waals surface area contributed by atoms with Gasteiger partial charge in [-0.25, -0.2) is 4.98 Å². The van der Waals surface area contributed by atoms with Crippen molar-refractivity contribution in [3.63, 3.8) is 0 Å². The van der Waals surface area contributed by atoms with E-state index in [1.54, 1.807) is 11.3 Å². The first-order valence-electron chi connectivity index (χ1n) is 7.10. The summed E-state index contributed by atoms with van der Waals surface area (Å²) in [4.78, 5) is 6.91. The summed E-state index contributed by atoms with van der Waals surface area (Å²) in [5.41, 5.74) is 2.95. The second-order valence-electron chi connectivity index (χ2n) is 5.30. The molecule has 0 saturated heterocycles. The molecule has 4 rings (SSSR count). The SMILES string of the molecule is Cc1cn2c(CC#N)c(-c3ccc4ccccc4c3)nc2s1. The van der Waals surface area contributed by atoms with Gasteiger partial charge in [-0.3, -0.25) is 4.40 Å². The van der Waals surface area contributed by atoms with Crippen molar-refractivity contribution in [2.75, 3.05) is 0 Å². The van der Waals surface area contributed by atoms with E-state index < -0.39 is 0 Å². The maximum Gasteiger partial charge on any atom is 0.194 e. The molecule has 0 atom stereocenters. The average Bonchev–Trinajstić information content (AvgIpc) is 3.04. The van der Waals surface area contributed by atoms with Gasteiger partial charge in [0.05, 0.1) is 23.9 Å². The summed E-state index contributed by atoms with van der Waals surface area (Å²) < 4.78 is 2.05. The lowest BCUT2D eigenvalue weighted by atomic mass is 10.0. The lowest BCUT2D eigenvalue weighted by molar-refractivity contribution is 1.07. The molecule has 0 spiro atoms. The van der Waals surface area contributed by atoms with Crippen LogP contribution in [0.25, 0.3) is 27.0 Å². The van der Waals surface area contributed by atoms with Crippen LogP contribution in [0.5, 0.6) is 0 Å². The number of thiazole rings is 1. The monoisotopic (exact) mass is 303 g/mol. The number of benzene rings is 2. The molecular weight excluding hydrogens is 290 g/mol. The third-order valence-corrected chi connectivity index (χ3v) is 4.71. The highest BCUT2D eigenvalue weighted by atomic mass is 32.1. The molecule has 2 heterocycles. The zero-order chi connectivity index (χ0) is 15.1. The maximum absolute atomic E-state index is 9.16. The van der Waals surface area contributed by atoms with Gasteiger partial charge in [0.1, 0.15) is 0 Å². The number of rotatable bonds is 2. The summed E-state index contributed by atoms with van der Waals surface area (Å²) in [6.07, 6.45) is 2.42. The fourth-order valence-electron chi connectivity index (χ4n) is 2.81. The predicted octanol–water partition coefficient (Wildman–Crippen LogP) is 4.59. The Kier molecular flexibility index (Phi) is 2.95. The summed E-state index contributed by atoms with van der Waals surface area (Å²) in [6, 6.07) is 16.9. The number of fused-ring (bicyclic) bond motifs is 2. The molecule has 3 nitrogen and oxygen atoms in total. The molecule has 4 aromatic rings. The molecule has 0 N–H and O–H groups in total. The quantitative estimate of drug-likeness (QED) is 0.543. The number of nitrogens with zero attached hydrogens (tertiary/aromatic N) is 3. The number of hydrogen-bond donors (Lipinski definition) is 0. The van der Waals surface area contributed by atoms with Crippen LogP contribution in [0.3, 0.4) is 0 Å². The topological polar surface area (TPSA) is 41.1 Å². The van der Waals surface area contributed by atoms with Gasteiger partial charge in [-0.2, -0.15) is 5.26 Å². The Morgan fingerprint density at radius 2 is 2.00 bits per heavy atom. The van der Waals surface area contributed by atoms with E-state index in [2.05, 4.69) is 49.5 Å². The highest BCUT2D eigenvalue weighted by Gasteiger charge is 2.15. The summed E-state index contributed by atoms with van der Waals surface area (Å²) in [5, 5.41) is 11.6. The normalized spacial score (nSPS) is 11.1. The van der Waals surface area contributed by atoms with Crippen molar-refractivity contribution in [3.8, 4) is 17.3 Å². The smallest absolute Gasteiger partial charge is 0.194 e. The molecule has 0 fully saturated rings. The molecule has 0 aliphatic rings. The molecule has 0 aliphatic heterocycles. The fraction of sp³-hybridized carbons (Fsp3) is 0.111. The maximum atomic E-state index is 9.16. The highest BCUT2D eigenvalue weighted by Crippen LogP contribution is 2.30. The zero-order valence-electron chi connectivity index (χ0n) is 12.1. The molecular formula is C18H13N3S. The second-order valence-corrected chi connectivity index (χ2v) is 6.51. The van der Waals surface area contributed by atoms with E-state index in [0.29, 0.717) is 6.42 Å². The van der Waals surface area contributed by atoms with Crippen LogP contribution in [0, 0.1) is 18.3 Å². The summed E-state index contributed by atoms with van der Waals surface area (Å²) in [7, 11) is 0. The molecule has 106 valence electrons. The third-order valence-electron chi connectivity index (χ3n) is 3.81. The Morgan fingerprint density at radius 1 is 1.18 bits per heavy atom. The lowest BCUT2D eigenvalue weighted by Gasteiger charge is -2.03. The van der Waals surface area contributed by atoms with Crippen molar-refractivity contribution in [3.05, 3.63) is 59.2 Å². The standard InChI is InChI=1S/C18H13N3S/c1-12-11-21-16(8-9-19)17(20-18(21)22-12)15-7-6-13-4-2-3-5-14(13)10-15/h2-7,10-11H,8H2,1H3. The number of hydrogen-bond acceptors (Lipinski definition) is 3. The lowest BCUT2D eigenvalue weighted by Crippen LogP contribution is -1.91. The minimum absolute atomic E-state index is 0.361. The number of aryl methyl sites for hydroxylation is 1. The van der Waals surface area contributed by atoms with Gasteiger partial charge in [-0.15, -0.1) is 11.3 Å². The second kappa shape index (κ2) is 4.97. The van der Waals surface area contributed by atoms with Crippen LogP contribution in [0.2, 0.25) is 0 Å². The van der Waals surface area contributed by atoms with Crippen LogP contribution in [-0.2, 0) is 6.42 Å². The average molecular weight is 303 g/mol. The number of aromatic nitrogens is 2. The van der Waals surface area contributed by atoms with Crippen molar-refractivity contribution < 1.29 is 0 Å². The first kappa shape index (κ1) is 13.1. The van der Waals surface area contributed by atoms with Crippen LogP contribution in [0.15, 0.2) is 48.7 Å². The van der Waals surface area contributed by atoms with Crippen molar-refractivity contribution in [2.45, 2.75) is 13.3 Å². The Labute approximate surface area is 132 Å². The van der Waals surface area contributed by atoms with Crippen LogP contribution in [0.4, 0.5) is 0 Å². The van der Waals surface area contributed by atoms with Crippen LogP contribution < -0.4 is 0 Å². The molecule has 0 amide bonds. The van der Waals surface area contributed by atoms with Gasteiger partial charge in [-0.05, 0) is 23.8 Å². The Bertz CT molecular complexity index is 1030. The minimum Gasteiger partial charge on any atom is -0.293 e. The predicted molar refractivity (Wildman–Crippen MR) is 90.1 cm³/mol. The summed E-state index contributed by atoms with van der Waals surface area (Å²) >= 11 is 1.65. The third kappa shape index (κ3) is 1.99. The Hall–Kier alpha value is -2.64. The number of nitriles is 1. The van der Waals surface area contributed by atoms with Crippen molar-refractivity contribution in [1.82, 2.24) is 9.38 Å². The molecule has 0 saturated carbocycles. The van der Waals surface area contributed by atoms with E-state index in [0.717, 1.165) is 21.9 Å². The van der Waals surface area contributed by atoms with E-state index in [-0.39, 0.29) is 0 Å². The largest absolute Gasteiger partial charge is 0.293 e. The van der Waals surface area contributed by atoms with E-state index in [1.807, 2.05) is 16.5 Å². The Morgan fingerprint density at radius 3 is 2.82 bits per heavy atom. The van der Waals surface area contributed by atoms with Crippen LogP contribution in [-0.4, -0.2) is 9.38 Å². The van der Waals surface area contributed by atoms with Gasteiger partial charge in [0.2, 0.25) is 0 Å². The van der Waals surface area contributed by atoms with Gasteiger partial charge >= 0.3 is 0 Å². The van der Waals surface area contributed by atoms with Crippen molar-refractivity contribution >= 4 is 27.1 Å². The van der Waals surface area contributed by atoms with E-state index in [9.17, 15) is 0 Å². The van der Waals surface area contributed by atoms with Gasteiger partial charge in [0.15, 0.2) is 4.96 Å². The first-order chi connectivity index (χ1) is 10.8. The van der Waals surface area contributed by atoms with Crippen molar-refractivity contribution in [2.24, 2.45) is 0 Å². The molecule has 0 unspecified atom stereocenters. The molecule has 22 heavy (non-hydrogen) atoms. The number of imidazole rings is 1.